The summed E-state index contributed by atoms with van der Waals surface area (Å²) >= 11 is 0. The van der Waals surface area contributed by atoms with Crippen LogP contribution in [0, 0.1) is 0 Å². The Kier molecular flexibility index (Phi) is 2.95. The Balaban J connectivity index is 1.43. The summed E-state index contributed by atoms with van der Waals surface area (Å²) in [7, 11) is 0. The Hall–Kier alpha value is -2.70. The first-order valence-electron chi connectivity index (χ1n) is 8.42. The monoisotopic (exact) mass is 322 g/mol. The molecule has 1 N–H and O–H groups in total. The van der Waals surface area contributed by atoms with Crippen LogP contribution in [-0.2, 0) is 13.1 Å². The minimum absolute atomic E-state index is 0.00980. The van der Waals surface area contributed by atoms with Crippen molar-refractivity contribution in [3.05, 3.63) is 41.6 Å². The quantitative estimate of drug-likeness (QED) is 0.786. The zero-order valence-corrected chi connectivity index (χ0v) is 13.3. The van der Waals surface area contributed by atoms with Gasteiger partial charge in [0.25, 0.3) is 5.91 Å². The fraction of sp³-hybridized carbons (Fsp3) is 0.412. The Bertz CT molecular complexity index is 900. The second-order valence-corrected chi connectivity index (χ2v) is 6.69. The molecule has 5 rings (SSSR count). The van der Waals surface area contributed by atoms with E-state index in [1.807, 2.05) is 12.4 Å². The molecule has 122 valence electrons. The van der Waals surface area contributed by atoms with Crippen molar-refractivity contribution in [2.75, 3.05) is 0 Å². The van der Waals surface area contributed by atoms with E-state index >= 15 is 0 Å². The van der Waals surface area contributed by atoms with E-state index in [-0.39, 0.29) is 5.91 Å². The molecule has 24 heavy (non-hydrogen) atoms. The second-order valence-electron chi connectivity index (χ2n) is 6.69. The average Bonchev–Trinajstić information content (AvgIpc) is 3.34. The molecule has 1 amide bonds. The lowest BCUT2D eigenvalue weighted by Crippen LogP contribution is -2.25. The summed E-state index contributed by atoms with van der Waals surface area (Å²) < 4.78 is 2.17. The van der Waals surface area contributed by atoms with Crippen LogP contribution in [0.3, 0.4) is 0 Å². The second kappa shape index (κ2) is 5.15. The number of amides is 1. The summed E-state index contributed by atoms with van der Waals surface area (Å²) in [5, 5.41) is 6.95. The van der Waals surface area contributed by atoms with Gasteiger partial charge in [0.05, 0.1) is 30.3 Å². The Labute approximate surface area is 138 Å². The van der Waals surface area contributed by atoms with Gasteiger partial charge in [0.15, 0.2) is 5.65 Å². The molecule has 7 nitrogen and oxygen atoms in total. The summed E-state index contributed by atoms with van der Waals surface area (Å²) in [4.78, 5) is 23.6. The zero-order chi connectivity index (χ0) is 16.1. The number of H-pyrrole nitrogens is 1. The molecule has 0 saturated heterocycles. The largest absolute Gasteiger partial charge is 0.328 e. The molecule has 0 aromatic carbocycles. The minimum Gasteiger partial charge on any atom is -0.328 e. The maximum Gasteiger partial charge on any atom is 0.256 e. The highest BCUT2D eigenvalue weighted by Gasteiger charge is 2.26. The first kappa shape index (κ1) is 13.7. The van der Waals surface area contributed by atoms with E-state index < -0.39 is 0 Å². The van der Waals surface area contributed by atoms with Crippen molar-refractivity contribution in [3.63, 3.8) is 0 Å². The number of hydrogen-bond acceptors (Lipinski definition) is 4. The molecule has 4 heterocycles. The Morgan fingerprint density at radius 1 is 1.17 bits per heavy atom. The highest BCUT2D eigenvalue weighted by atomic mass is 16.2. The SMILES string of the molecule is O=C(c1cnc2c(c1)ncn2C1CCCC1)N1Cc2cn[nH]c2C1. The van der Waals surface area contributed by atoms with E-state index in [1.54, 1.807) is 17.3 Å². The molecule has 1 aliphatic carbocycles. The number of aromatic nitrogens is 5. The van der Waals surface area contributed by atoms with Crippen molar-refractivity contribution in [1.82, 2.24) is 29.6 Å². The number of nitrogens with zero attached hydrogens (tertiary/aromatic N) is 5. The lowest BCUT2D eigenvalue weighted by Gasteiger charge is -2.15. The molecular weight excluding hydrogens is 304 g/mol. The molecule has 0 atom stereocenters. The Morgan fingerprint density at radius 2 is 2.04 bits per heavy atom. The molecule has 1 saturated carbocycles. The standard InChI is InChI=1S/C17H18N6O/c24-17(22-8-12-7-20-21-15(12)9-22)11-5-14-16(18-6-11)23(10-19-14)13-3-1-2-4-13/h5-7,10,13H,1-4,8-9H2,(H,20,21). The van der Waals surface area contributed by atoms with Gasteiger partial charge in [-0.3, -0.25) is 9.89 Å². The van der Waals surface area contributed by atoms with E-state index in [0.29, 0.717) is 24.7 Å². The fourth-order valence-electron chi connectivity index (χ4n) is 3.88. The van der Waals surface area contributed by atoms with Gasteiger partial charge in [-0.15, -0.1) is 0 Å². The van der Waals surface area contributed by atoms with E-state index in [4.69, 9.17) is 0 Å². The van der Waals surface area contributed by atoms with Crippen molar-refractivity contribution < 1.29 is 4.79 Å². The topological polar surface area (TPSA) is 79.7 Å². The van der Waals surface area contributed by atoms with Crippen LogP contribution in [0.4, 0.5) is 0 Å². The predicted octanol–water partition coefficient (Wildman–Crippen LogP) is 2.43. The number of imidazole rings is 1. The van der Waals surface area contributed by atoms with Crippen LogP contribution < -0.4 is 0 Å². The third-order valence-electron chi connectivity index (χ3n) is 5.18. The zero-order valence-electron chi connectivity index (χ0n) is 13.3. The maximum atomic E-state index is 12.7. The van der Waals surface area contributed by atoms with Gasteiger partial charge in [0.2, 0.25) is 0 Å². The normalized spacial score (nSPS) is 17.8. The summed E-state index contributed by atoms with van der Waals surface area (Å²) in [6, 6.07) is 2.36. The van der Waals surface area contributed by atoms with Crippen LogP contribution >= 0.6 is 0 Å². The van der Waals surface area contributed by atoms with Gasteiger partial charge < -0.3 is 9.47 Å². The van der Waals surface area contributed by atoms with Crippen molar-refractivity contribution >= 4 is 17.1 Å². The molecule has 0 unspecified atom stereocenters. The van der Waals surface area contributed by atoms with Crippen LogP contribution in [0.5, 0.6) is 0 Å². The van der Waals surface area contributed by atoms with Gasteiger partial charge in [0.1, 0.15) is 5.52 Å². The van der Waals surface area contributed by atoms with E-state index in [9.17, 15) is 4.79 Å². The Morgan fingerprint density at radius 3 is 2.88 bits per heavy atom. The number of carbonyl (C=O) groups excluding carboxylic acids is 1. The molecule has 0 radical (unpaired) electrons. The van der Waals surface area contributed by atoms with Gasteiger partial charge in [-0.05, 0) is 18.9 Å². The first-order chi connectivity index (χ1) is 11.8. The number of carbonyl (C=O) groups is 1. The van der Waals surface area contributed by atoms with Crippen LogP contribution in [-0.4, -0.2) is 35.5 Å². The minimum atomic E-state index is -0.00980. The lowest BCUT2D eigenvalue weighted by molar-refractivity contribution is 0.0749. The van der Waals surface area contributed by atoms with Crippen LogP contribution in [0.1, 0.15) is 53.3 Å². The highest BCUT2D eigenvalue weighted by molar-refractivity contribution is 5.96. The molecular formula is C17H18N6O. The van der Waals surface area contributed by atoms with E-state index in [0.717, 1.165) is 22.4 Å². The van der Waals surface area contributed by atoms with E-state index in [2.05, 4.69) is 24.7 Å². The van der Waals surface area contributed by atoms with Gasteiger partial charge in [-0.25, -0.2) is 9.97 Å². The first-order valence-corrected chi connectivity index (χ1v) is 8.42. The van der Waals surface area contributed by atoms with Crippen LogP contribution in [0.2, 0.25) is 0 Å². The van der Waals surface area contributed by atoms with Crippen molar-refractivity contribution in [1.29, 1.82) is 0 Å². The summed E-state index contributed by atoms with van der Waals surface area (Å²) in [6.07, 6.45) is 10.3. The summed E-state index contributed by atoms with van der Waals surface area (Å²) in [6.45, 7) is 1.17. The van der Waals surface area contributed by atoms with Crippen molar-refractivity contribution in [2.45, 2.75) is 44.8 Å². The smallest absolute Gasteiger partial charge is 0.256 e. The number of aromatic amines is 1. The molecule has 7 heteroatoms. The summed E-state index contributed by atoms with van der Waals surface area (Å²) in [5.74, 6) is -0.00980. The molecule has 1 aliphatic heterocycles. The third kappa shape index (κ3) is 2.04. The lowest BCUT2D eigenvalue weighted by atomic mass is 10.2. The third-order valence-corrected chi connectivity index (χ3v) is 5.18. The fourth-order valence-corrected chi connectivity index (χ4v) is 3.88. The molecule has 0 spiro atoms. The van der Waals surface area contributed by atoms with E-state index in [1.165, 1.54) is 25.7 Å². The average molecular weight is 322 g/mol. The molecule has 3 aromatic rings. The predicted molar refractivity (Wildman–Crippen MR) is 87.2 cm³/mol. The van der Waals surface area contributed by atoms with Gasteiger partial charge in [0, 0.05) is 24.3 Å². The van der Waals surface area contributed by atoms with Crippen LogP contribution in [0.25, 0.3) is 11.2 Å². The van der Waals surface area contributed by atoms with Crippen LogP contribution in [0.15, 0.2) is 24.8 Å². The number of fused-ring (bicyclic) bond motifs is 2. The molecule has 2 aliphatic rings. The highest BCUT2D eigenvalue weighted by Crippen LogP contribution is 2.31. The molecule has 0 bridgehead atoms. The number of nitrogens with one attached hydrogen (secondary N) is 1. The van der Waals surface area contributed by atoms with Crippen molar-refractivity contribution in [2.24, 2.45) is 0 Å². The van der Waals surface area contributed by atoms with Gasteiger partial charge in [-0.2, -0.15) is 5.10 Å². The number of hydrogen-bond donors (Lipinski definition) is 1. The number of rotatable bonds is 2. The molecule has 3 aromatic heterocycles. The summed E-state index contributed by atoms with van der Waals surface area (Å²) in [5.41, 5.74) is 4.38. The van der Waals surface area contributed by atoms with Gasteiger partial charge in [-0.1, -0.05) is 12.8 Å². The molecule has 1 fully saturated rings. The van der Waals surface area contributed by atoms with Gasteiger partial charge >= 0.3 is 0 Å². The van der Waals surface area contributed by atoms with Crippen molar-refractivity contribution in [3.8, 4) is 0 Å². The number of pyridine rings is 1. The maximum absolute atomic E-state index is 12.7.